The molecule has 0 bridgehead atoms. The second kappa shape index (κ2) is 8.82. The van der Waals surface area contributed by atoms with E-state index in [-0.39, 0.29) is 23.8 Å². The minimum atomic E-state index is -0.933. The van der Waals surface area contributed by atoms with Crippen LogP contribution in [0.15, 0.2) is 35.1 Å². The van der Waals surface area contributed by atoms with Gasteiger partial charge in [0.15, 0.2) is 0 Å². The van der Waals surface area contributed by atoms with Crippen LogP contribution in [0.25, 0.3) is 0 Å². The summed E-state index contributed by atoms with van der Waals surface area (Å²) in [6.07, 6.45) is 0.666. The smallest absolute Gasteiger partial charge is 0.303 e. The number of hydrogen-bond acceptors (Lipinski definition) is 4. The first-order valence-electron chi connectivity index (χ1n) is 9.26. The number of benzene rings is 1. The molecule has 0 aliphatic carbocycles. The van der Waals surface area contributed by atoms with Gasteiger partial charge in [0.1, 0.15) is 11.4 Å². The highest BCUT2D eigenvalue weighted by atomic mass is 16.4. The maximum Gasteiger partial charge on any atom is 0.303 e. The third-order valence-electron chi connectivity index (χ3n) is 4.40. The molecule has 2 rings (SSSR count). The molecule has 1 atom stereocenters. The van der Waals surface area contributed by atoms with Gasteiger partial charge < -0.3 is 15.4 Å². The number of H-pyrrole nitrogens is 1. The Hall–Kier alpha value is -2.96. The SMILES string of the molecule is Cc1nc(C(C)(C)C)[nH]c(=O)c1C(=O)NC(CCC(=O)O)Cc1ccccc1. The van der Waals surface area contributed by atoms with Gasteiger partial charge in [0.2, 0.25) is 0 Å². The van der Waals surface area contributed by atoms with Crippen LogP contribution in [0.4, 0.5) is 0 Å². The highest BCUT2D eigenvalue weighted by Gasteiger charge is 2.24. The number of hydrogen-bond donors (Lipinski definition) is 3. The Morgan fingerprint density at radius 2 is 1.86 bits per heavy atom. The predicted molar refractivity (Wildman–Crippen MR) is 107 cm³/mol. The highest BCUT2D eigenvalue weighted by Crippen LogP contribution is 2.17. The summed E-state index contributed by atoms with van der Waals surface area (Å²) in [5.74, 6) is -0.964. The number of nitrogens with one attached hydrogen (secondary N) is 2. The number of carbonyl (C=O) groups is 2. The summed E-state index contributed by atoms with van der Waals surface area (Å²) in [6, 6.07) is 9.08. The average molecular weight is 385 g/mol. The van der Waals surface area contributed by atoms with Crippen LogP contribution in [-0.2, 0) is 16.6 Å². The van der Waals surface area contributed by atoms with E-state index in [0.717, 1.165) is 5.56 Å². The Morgan fingerprint density at radius 1 is 1.21 bits per heavy atom. The van der Waals surface area contributed by atoms with E-state index in [0.29, 0.717) is 17.9 Å². The van der Waals surface area contributed by atoms with Gasteiger partial charge in [-0.25, -0.2) is 4.98 Å². The molecule has 3 N–H and O–H groups in total. The summed E-state index contributed by atoms with van der Waals surface area (Å²) < 4.78 is 0. The first-order valence-corrected chi connectivity index (χ1v) is 9.26. The Labute approximate surface area is 164 Å². The van der Waals surface area contributed by atoms with Crippen molar-refractivity contribution < 1.29 is 14.7 Å². The molecule has 0 spiro atoms. The number of aliphatic carboxylic acids is 1. The van der Waals surface area contributed by atoms with Crippen LogP contribution < -0.4 is 10.9 Å². The van der Waals surface area contributed by atoms with Crippen LogP contribution in [0.3, 0.4) is 0 Å². The topological polar surface area (TPSA) is 112 Å². The molecule has 7 heteroatoms. The van der Waals surface area contributed by atoms with Crippen LogP contribution >= 0.6 is 0 Å². The average Bonchev–Trinajstić information content (AvgIpc) is 2.59. The van der Waals surface area contributed by atoms with Gasteiger partial charge in [-0.15, -0.1) is 0 Å². The molecular formula is C21H27N3O4. The second-order valence-electron chi connectivity index (χ2n) is 7.92. The zero-order valence-electron chi connectivity index (χ0n) is 16.7. The molecule has 7 nitrogen and oxygen atoms in total. The van der Waals surface area contributed by atoms with Crippen LogP contribution in [0.5, 0.6) is 0 Å². The first kappa shape index (κ1) is 21.3. The maximum atomic E-state index is 12.8. The van der Waals surface area contributed by atoms with Gasteiger partial charge in [-0.05, 0) is 25.3 Å². The number of amides is 1. The molecule has 1 heterocycles. The number of nitrogens with zero attached hydrogens (tertiary/aromatic N) is 1. The zero-order valence-corrected chi connectivity index (χ0v) is 16.7. The molecule has 0 saturated carbocycles. The number of aromatic amines is 1. The summed E-state index contributed by atoms with van der Waals surface area (Å²) >= 11 is 0. The van der Waals surface area contributed by atoms with Crippen molar-refractivity contribution in [2.75, 3.05) is 0 Å². The lowest BCUT2D eigenvalue weighted by Gasteiger charge is -2.20. The first-order chi connectivity index (χ1) is 13.1. The van der Waals surface area contributed by atoms with Crippen molar-refractivity contribution in [3.8, 4) is 0 Å². The van der Waals surface area contributed by atoms with E-state index in [2.05, 4.69) is 15.3 Å². The number of aromatic nitrogens is 2. The molecule has 0 fully saturated rings. The van der Waals surface area contributed by atoms with Crippen molar-refractivity contribution in [1.29, 1.82) is 0 Å². The fourth-order valence-corrected chi connectivity index (χ4v) is 2.89. The Balaban J connectivity index is 2.25. The van der Waals surface area contributed by atoms with E-state index in [1.807, 2.05) is 51.1 Å². The number of carboxylic acids is 1. The van der Waals surface area contributed by atoms with Crippen molar-refractivity contribution >= 4 is 11.9 Å². The Morgan fingerprint density at radius 3 is 2.39 bits per heavy atom. The molecular weight excluding hydrogens is 358 g/mol. The van der Waals surface area contributed by atoms with Crippen molar-refractivity contribution in [2.24, 2.45) is 0 Å². The number of carbonyl (C=O) groups excluding carboxylic acids is 1. The molecule has 150 valence electrons. The molecule has 1 amide bonds. The van der Waals surface area contributed by atoms with Gasteiger partial charge in [0.25, 0.3) is 11.5 Å². The summed E-state index contributed by atoms with van der Waals surface area (Å²) in [6.45, 7) is 7.40. The standard InChI is InChI=1S/C21H27N3O4/c1-13-17(19(28)24-20(22-13)21(2,3)4)18(27)23-15(10-11-16(25)26)12-14-8-6-5-7-9-14/h5-9,15H,10-12H2,1-4H3,(H,23,27)(H,25,26)(H,22,24,28). The number of rotatable bonds is 7. The summed E-state index contributed by atoms with van der Waals surface area (Å²) in [5, 5.41) is 11.8. The second-order valence-corrected chi connectivity index (χ2v) is 7.92. The monoisotopic (exact) mass is 385 g/mol. The fraction of sp³-hybridized carbons (Fsp3) is 0.429. The minimum absolute atomic E-state index is 0.0404. The summed E-state index contributed by atoms with van der Waals surface area (Å²) in [7, 11) is 0. The van der Waals surface area contributed by atoms with E-state index in [1.165, 1.54) is 0 Å². The highest BCUT2D eigenvalue weighted by molar-refractivity contribution is 5.95. The largest absolute Gasteiger partial charge is 0.481 e. The summed E-state index contributed by atoms with van der Waals surface area (Å²) in [5.41, 5.74) is 0.442. The van der Waals surface area contributed by atoms with Gasteiger partial charge in [-0.1, -0.05) is 51.1 Å². The molecule has 1 unspecified atom stereocenters. The van der Waals surface area contributed by atoms with Crippen molar-refractivity contribution in [3.05, 3.63) is 63.3 Å². The van der Waals surface area contributed by atoms with Crippen molar-refractivity contribution in [3.63, 3.8) is 0 Å². The maximum absolute atomic E-state index is 12.8. The number of carboxylic acid groups (broad SMARTS) is 1. The van der Waals surface area contributed by atoms with Gasteiger partial charge in [-0.2, -0.15) is 0 Å². The fourth-order valence-electron chi connectivity index (χ4n) is 2.89. The van der Waals surface area contributed by atoms with Crippen molar-refractivity contribution in [1.82, 2.24) is 15.3 Å². The number of aryl methyl sites for hydroxylation is 1. The lowest BCUT2D eigenvalue weighted by atomic mass is 9.95. The van der Waals surface area contributed by atoms with Crippen LogP contribution in [0.1, 0.15) is 61.1 Å². The quantitative estimate of drug-likeness (QED) is 0.678. The third kappa shape index (κ3) is 5.77. The van der Waals surface area contributed by atoms with E-state index in [4.69, 9.17) is 5.11 Å². The van der Waals surface area contributed by atoms with Crippen LogP contribution in [-0.4, -0.2) is 33.0 Å². The van der Waals surface area contributed by atoms with Gasteiger partial charge in [0, 0.05) is 17.9 Å². The molecule has 0 radical (unpaired) electrons. The summed E-state index contributed by atoms with van der Waals surface area (Å²) in [4.78, 5) is 43.3. The zero-order chi connectivity index (χ0) is 20.9. The van der Waals surface area contributed by atoms with Crippen LogP contribution in [0.2, 0.25) is 0 Å². The third-order valence-corrected chi connectivity index (χ3v) is 4.40. The molecule has 0 aliphatic rings. The van der Waals surface area contributed by atoms with E-state index >= 15 is 0 Å². The molecule has 28 heavy (non-hydrogen) atoms. The molecule has 1 aromatic heterocycles. The van der Waals surface area contributed by atoms with Crippen molar-refractivity contribution in [2.45, 2.75) is 58.4 Å². The Bertz CT molecular complexity index is 898. The molecule has 0 aliphatic heterocycles. The van der Waals surface area contributed by atoms with Gasteiger partial charge in [-0.3, -0.25) is 14.4 Å². The normalized spacial score (nSPS) is 12.4. The lowest BCUT2D eigenvalue weighted by molar-refractivity contribution is -0.137. The molecule has 2 aromatic rings. The van der Waals surface area contributed by atoms with Gasteiger partial charge >= 0.3 is 5.97 Å². The van der Waals surface area contributed by atoms with E-state index < -0.39 is 23.5 Å². The van der Waals surface area contributed by atoms with E-state index in [1.54, 1.807) is 6.92 Å². The Kier molecular flexibility index (Phi) is 6.72. The van der Waals surface area contributed by atoms with E-state index in [9.17, 15) is 14.4 Å². The predicted octanol–water partition coefficient (Wildman–Crippen LogP) is 2.58. The molecule has 1 aromatic carbocycles. The minimum Gasteiger partial charge on any atom is -0.481 e. The molecule has 0 saturated heterocycles. The van der Waals surface area contributed by atoms with Gasteiger partial charge in [0.05, 0.1) is 5.69 Å². The van der Waals surface area contributed by atoms with Crippen LogP contribution in [0, 0.1) is 6.92 Å². The lowest BCUT2D eigenvalue weighted by Crippen LogP contribution is -2.40.